The number of carbonyl (C=O) groups excluding carboxylic acids is 1. The van der Waals surface area contributed by atoms with Gasteiger partial charge >= 0.3 is 0 Å². The van der Waals surface area contributed by atoms with Gasteiger partial charge < -0.3 is 10.1 Å². The fourth-order valence-corrected chi connectivity index (χ4v) is 2.68. The number of nitrogens with one attached hydrogen (secondary N) is 1. The molecule has 0 saturated carbocycles. The molecule has 1 atom stereocenters. The number of benzene rings is 2. The van der Waals surface area contributed by atoms with Gasteiger partial charge in [0, 0.05) is 10.6 Å². The van der Waals surface area contributed by atoms with Crippen LogP contribution in [0, 0.1) is 0 Å². The van der Waals surface area contributed by atoms with E-state index in [9.17, 15) is 4.79 Å². The summed E-state index contributed by atoms with van der Waals surface area (Å²) in [6.45, 7) is 5.97. The molecule has 114 valence electrons. The normalized spacial score (nSPS) is 11.5. The fourth-order valence-electron chi connectivity index (χ4n) is 1.79. The number of amides is 1. The van der Waals surface area contributed by atoms with Crippen molar-refractivity contribution >= 4 is 23.4 Å². The van der Waals surface area contributed by atoms with Gasteiger partial charge in [-0.15, -0.1) is 11.8 Å². The van der Waals surface area contributed by atoms with Crippen LogP contribution in [0.4, 0.5) is 5.69 Å². The second-order valence-electron chi connectivity index (χ2n) is 4.69. The molecule has 1 unspecified atom stereocenters. The first-order valence-electron chi connectivity index (χ1n) is 7.05. The van der Waals surface area contributed by atoms with Crippen LogP contribution in [0.2, 0.25) is 0 Å². The number of ether oxygens (including phenoxy) is 1. The van der Waals surface area contributed by atoms with Gasteiger partial charge in [-0.25, -0.2) is 0 Å². The molecule has 0 fully saturated rings. The molecule has 0 aliphatic heterocycles. The van der Waals surface area contributed by atoms with E-state index in [1.54, 1.807) is 6.08 Å². The van der Waals surface area contributed by atoms with Crippen LogP contribution in [0.15, 0.2) is 72.1 Å². The van der Waals surface area contributed by atoms with Gasteiger partial charge in [-0.3, -0.25) is 4.79 Å². The lowest BCUT2D eigenvalue weighted by Gasteiger charge is -2.12. The molecule has 0 aliphatic carbocycles. The molecular formula is C18H19NO2S. The lowest BCUT2D eigenvalue weighted by atomic mass is 10.3. The minimum atomic E-state index is -0.168. The maximum atomic E-state index is 12.2. The number of anilines is 1. The van der Waals surface area contributed by atoms with E-state index in [4.69, 9.17) is 4.74 Å². The largest absolute Gasteiger partial charge is 0.490 e. The summed E-state index contributed by atoms with van der Waals surface area (Å²) in [6.07, 6.45) is 1.69. The zero-order chi connectivity index (χ0) is 15.8. The average Bonchev–Trinajstić information content (AvgIpc) is 2.55. The van der Waals surface area contributed by atoms with E-state index >= 15 is 0 Å². The molecule has 0 aliphatic rings. The molecule has 22 heavy (non-hydrogen) atoms. The summed E-state index contributed by atoms with van der Waals surface area (Å²) >= 11 is 1.54. The van der Waals surface area contributed by atoms with Gasteiger partial charge in [0.25, 0.3) is 0 Å². The molecule has 3 nitrogen and oxygen atoms in total. The molecule has 1 amide bonds. The van der Waals surface area contributed by atoms with E-state index < -0.39 is 0 Å². The monoisotopic (exact) mass is 313 g/mol. The van der Waals surface area contributed by atoms with Gasteiger partial charge in [0.15, 0.2) is 0 Å². The van der Waals surface area contributed by atoms with Crippen molar-refractivity contribution in [1.82, 2.24) is 0 Å². The third kappa shape index (κ3) is 4.97. The Hall–Kier alpha value is -2.20. The molecule has 4 heteroatoms. The van der Waals surface area contributed by atoms with E-state index in [1.807, 2.05) is 61.5 Å². The number of rotatable bonds is 7. The van der Waals surface area contributed by atoms with E-state index in [2.05, 4.69) is 11.9 Å². The second kappa shape index (κ2) is 8.29. The van der Waals surface area contributed by atoms with Crippen molar-refractivity contribution in [2.75, 3.05) is 11.9 Å². The molecule has 0 spiro atoms. The Morgan fingerprint density at radius 1 is 1.23 bits per heavy atom. The highest BCUT2D eigenvalue weighted by molar-refractivity contribution is 8.00. The first-order chi connectivity index (χ1) is 10.7. The van der Waals surface area contributed by atoms with Crippen molar-refractivity contribution in [3.05, 3.63) is 67.3 Å². The Balaban J connectivity index is 1.89. The summed E-state index contributed by atoms with van der Waals surface area (Å²) in [5, 5.41) is 2.74. The number of hydrogen-bond donors (Lipinski definition) is 1. The molecular weight excluding hydrogens is 294 g/mol. The highest BCUT2D eigenvalue weighted by Crippen LogP contribution is 2.24. The summed E-state index contributed by atoms with van der Waals surface area (Å²) in [4.78, 5) is 13.3. The second-order valence-corrected chi connectivity index (χ2v) is 6.10. The van der Waals surface area contributed by atoms with Crippen molar-refractivity contribution in [3.8, 4) is 5.75 Å². The first-order valence-corrected chi connectivity index (χ1v) is 7.93. The lowest BCUT2D eigenvalue weighted by molar-refractivity contribution is -0.115. The van der Waals surface area contributed by atoms with Crippen molar-refractivity contribution in [2.24, 2.45) is 0 Å². The van der Waals surface area contributed by atoms with E-state index in [1.165, 1.54) is 11.8 Å². The molecule has 2 rings (SSSR count). The maximum absolute atomic E-state index is 12.2. The average molecular weight is 313 g/mol. The lowest BCUT2D eigenvalue weighted by Crippen LogP contribution is -2.22. The summed E-state index contributed by atoms with van der Waals surface area (Å²) in [7, 11) is 0. The summed E-state index contributed by atoms with van der Waals surface area (Å²) in [6, 6.07) is 17.2. The van der Waals surface area contributed by atoms with Crippen LogP contribution in [-0.4, -0.2) is 17.8 Å². The predicted molar refractivity (Wildman–Crippen MR) is 92.5 cm³/mol. The molecule has 0 saturated heterocycles. The fraction of sp³-hybridized carbons (Fsp3) is 0.167. The van der Waals surface area contributed by atoms with Crippen LogP contribution in [0.3, 0.4) is 0 Å². The van der Waals surface area contributed by atoms with Crippen molar-refractivity contribution < 1.29 is 9.53 Å². The highest BCUT2D eigenvalue weighted by Gasteiger charge is 2.14. The van der Waals surface area contributed by atoms with Crippen LogP contribution in [0.1, 0.15) is 6.92 Å². The summed E-state index contributed by atoms with van der Waals surface area (Å²) < 4.78 is 5.41. The number of thioether (sulfide) groups is 1. The van der Waals surface area contributed by atoms with Gasteiger partial charge in [0.1, 0.15) is 12.4 Å². The minimum Gasteiger partial charge on any atom is -0.490 e. The standard InChI is InChI=1S/C18H19NO2S/c1-3-13-21-16-11-9-15(10-12-16)19-18(20)14(2)22-17-7-5-4-6-8-17/h3-12,14H,1,13H2,2H3,(H,19,20). The zero-order valence-electron chi connectivity index (χ0n) is 12.5. The van der Waals surface area contributed by atoms with Gasteiger partial charge in [0.2, 0.25) is 5.91 Å². The van der Waals surface area contributed by atoms with Gasteiger partial charge in [-0.2, -0.15) is 0 Å². The van der Waals surface area contributed by atoms with Crippen LogP contribution in [0.5, 0.6) is 5.75 Å². The molecule has 0 radical (unpaired) electrons. The smallest absolute Gasteiger partial charge is 0.237 e. The Labute approximate surface area is 135 Å². The molecule has 1 N–H and O–H groups in total. The highest BCUT2D eigenvalue weighted by atomic mass is 32.2. The Morgan fingerprint density at radius 2 is 1.91 bits per heavy atom. The van der Waals surface area contributed by atoms with E-state index in [-0.39, 0.29) is 11.2 Å². The molecule has 2 aromatic rings. The van der Waals surface area contributed by atoms with Crippen molar-refractivity contribution in [2.45, 2.75) is 17.1 Å². The topological polar surface area (TPSA) is 38.3 Å². The van der Waals surface area contributed by atoms with Crippen LogP contribution in [-0.2, 0) is 4.79 Å². The van der Waals surface area contributed by atoms with E-state index in [0.717, 1.165) is 16.3 Å². The Morgan fingerprint density at radius 3 is 2.55 bits per heavy atom. The van der Waals surface area contributed by atoms with Gasteiger partial charge in [-0.05, 0) is 43.3 Å². The zero-order valence-corrected chi connectivity index (χ0v) is 13.3. The van der Waals surface area contributed by atoms with Gasteiger partial charge in [0.05, 0.1) is 5.25 Å². The molecule has 2 aromatic carbocycles. The maximum Gasteiger partial charge on any atom is 0.237 e. The Kier molecular flexibility index (Phi) is 6.10. The van der Waals surface area contributed by atoms with Gasteiger partial charge in [-0.1, -0.05) is 30.9 Å². The Bertz CT molecular complexity index is 611. The summed E-state index contributed by atoms with van der Waals surface area (Å²) in [5.41, 5.74) is 0.761. The third-order valence-corrected chi connectivity index (χ3v) is 4.03. The van der Waals surface area contributed by atoms with Crippen LogP contribution in [0.25, 0.3) is 0 Å². The SMILES string of the molecule is C=CCOc1ccc(NC(=O)C(C)Sc2ccccc2)cc1. The third-order valence-electron chi connectivity index (χ3n) is 2.91. The quantitative estimate of drug-likeness (QED) is 0.609. The first kappa shape index (κ1) is 16.2. The predicted octanol–water partition coefficient (Wildman–Crippen LogP) is 4.37. The van der Waals surface area contributed by atoms with E-state index in [0.29, 0.717) is 6.61 Å². The van der Waals surface area contributed by atoms with Crippen molar-refractivity contribution in [1.29, 1.82) is 0 Å². The number of carbonyl (C=O) groups is 1. The van der Waals surface area contributed by atoms with Crippen molar-refractivity contribution in [3.63, 3.8) is 0 Å². The summed E-state index contributed by atoms with van der Waals surface area (Å²) in [5.74, 6) is 0.734. The molecule has 0 heterocycles. The number of hydrogen-bond acceptors (Lipinski definition) is 3. The molecule has 0 aromatic heterocycles. The molecule has 0 bridgehead atoms. The minimum absolute atomic E-state index is 0.0198. The van der Waals surface area contributed by atoms with Crippen LogP contribution < -0.4 is 10.1 Å². The van der Waals surface area contributed by atoms with Crippen LogP contribution >= 0.6 is 11.8 Å².